The molecule has 0 radical (unpaired) electrons. The van der Waals surface area contributed by atoms with Gasteiger partial charge in [0.05, 0.1) is 11.2 Å². The van der Waals surface area contributed by atoms with Crippen LogP contribution in [0.1, 0.15) is 70.4 Å². The molecule has 23 heavy (non-hydrogen) atoms. The molecule has 0 unspecified atom stereocenters. The normalized spacial score (nSPS) is 11.5. The first kappa shape index (κ1) is 17.5. The average molecular weight is 311 g/mol. The van der Waals surface area contributed by atoms with Gasteiger partial charge >= 0.3 is 0 Å². The number of nitrogens with zero attached hydrogens (tertiary/aromatic N) is 1. The van der Waals surface area contributed by atoms with E-state index in [9.17, 15) is 5.11 Å². The van der Waals surface area contributed by atoms with E-state index in [0.29, 0.717) is 0 Å². The fourth-order valence-corrected chi connectivity index (χ4v) is 2.81. The molecule has 0 fully saturated rings. The summed E-state index contributed by atoms with van der Waals surface area (Å²) < 4.78 is 0. The van der Waals surface area contributed by atoms with Gasteiger partial charge in [0, 0.05) is 11.5 Å². The minimum atomic E-state index is 0.269. The fourth-order valence-electron chi connectivity index (χ4n) is 2.81. The molecule has 0 aliphatic rings. The van der Waals surface area contributed by atoms with E-state index >= 15 is 0 Å². The first-order valence-electron chi connectivity index (χ1n) is 9.06. The quantitative estimate of drug-likeness (QED) is 0.509. The molecular formula is C21H29NO. The Bertz CT molecular complexity index is 618. The van der Waals surface area contributed by atoms with Gasteiger partial charge in [0.2, 0.25) is 0 Å². The third-order valence-electron chi connectivity index (χ3n) is 4.21. The first-order valence-corrected chi connectivity index (χ1v) is 9.06. The number of hydrogen-bond donors (Lipinski definition) is 1. The average Bonchev–Trinajstić information content (AvgIpc) is 2.56. The van der Waals surface area contributed by atoms with Crippen molar-refractivity contribution in [3.63, 3.8) is 0 Å². The molecule has 0 atom stereocenters. The first-order chi connectivity index (χ1) is 11.3. The maximum absolute atomic E-state index is 9.53. The van der Waals surface area contributed by atoms with Gasteiger partial charge in [-0.3, -0.25) is 0 Å². The lowest BCUT2D eigenvalue weighted by Crippen LogP contribution is -1.83. The van der Waals surface area contributed by atoms with Crippen molar-refractivity contribution in [3.8, 4) is 5.75 Å². The molecule has 0 aliphatic carbocycles. The Balaban J connectivity index is 1.67. The van der Waals surface area contributed by atoms with Crippen LogP contribution < -0.4 is 0 Å². The number of phenols is 1. The second kappa shape index (κ2) is 10.0. The Morgan fingerprint density at radius 1 is 0.913 bits per heavy atom. The zero-order valence-corrected chi connectivity index (χ0v) is 14.3. The Hall–Kier alpha value is -1.83. The molecule has 0 saturated carbocycles. The van der Waals surface area contributed by atoms with E-state index in [1.807, 2.05) is 12.1 Å². The number of aromatic nitrogens is 1. The van der Waals surface area contributed by atoms with Crippen molar-refractivity contribution in [3.05, 3.63) is 42.1 Å². The van der Waals surface area contributed by atoms with Crippen LogP contribution in [0.2, 0.25) is 0 Å². The van der Waals surface area contributed by atoms with E-state index in [1.165, 1.54) is 51.4 Å². The maximum atomic E-state index is 9.53. The molecule has 1 N–H and O–H groups in total. The predicted molar refractivity (Wildman–Crippen MR) is 99.7 cm³/mol. The van der Waals surface area contributed by atoms with Crippen LogP contribution in [0, 0.1) is 0 Å². The highest BCUT2D eigenvalue weighted by Crippen LogP contribution is 2.19. The van der Waals surface area contributed by atoms with Crippen molar-refractivity contribution in [2.45, 2.75) is 64.7 Å². The topological polar surface area (TPSA) is 33.1 Å². The van der Waals surface area contributed by atoms with Gasteiger partial charge in [-0.05, 0) is 37.1 Å². The van der Waals surface area contributed by atoms with Gasteiger partial charge in [-0.1, -0.05) is 64.0 Å². The van der Waals surface area contributed by atoms with E-state index in [2.05, 4.69) is 30.1 Å². The van der Waals surface area contributed by atoms with Crippen LogP contribution in [0.4, 0.5) is 0 Å². The summed E-state index contributed by atoms with van der Waals surface area (Å²) in [5, 5.41) is 10.6. The van der Waals surface area contributed by atoms with Crippen molar-refractivity contribution in [2.75, 3.05) is 0 Å². The van der Waals surface area contributed by atoms with Crippen molar-refractivity contribution in [1.29, 1.82) is 0 Å². The predicted octanol–water partition coefficient (Wildman–Crippen LogP) is 6.48. The number of hydrogen-bond acceptors (Lipinski definition) is 2. The lowest BCUT2D eigenvalue weighted by atomic mass is 10.1. The summed E-state index contributed by atoms with van der Waals surface area (Å²) in [6, 6.07) is 9.39. The lowest BCUT2D eigenvalue weighted by Gasteiger charge is -2.01. The van der Waals surface area contributed by atoms with Gasteiger partial charge in [-0.2, -0.15) is 0 Å². The van der Waals surface area contributed by atoms with Crippen LogP contribution in [-0.4, -0.2) is 10.1 Å². The molecule has 0 spiro atoms. The monoisotopic (exact) mass is 311 g/mol. The molecule has 1 heterocycles. The zero-order valence-electron chi connectivity index (χ0n) is 14.3. The van der Waals surface area contributed by atoms with Crippen molar-refractivity contribution in [1.82, 2.24) is 4.98 Å². The largest absolute Gasteiger partial charge is 0.508 e. The van der Waals surface area contributed by atoms with Gasteiger partial charge in [0.15, 0.2) is 0 Å². The number of benzene rings is 1. The molecule has 2 nitrogen and oxygen atoms in total. The second-order valence-electron chi connectivity index (χ2n) is 6.28. The van der Waals surface area contributed by atoms with Gasteiger partial charge in [0.25, 0.3) is 0 Å². The summed E-state index contributed by atoms with van der Waals surface area (Å²) in [6.45, 7) is 2.26. The Morgan fingerprint density at radius 2 is 1.61 bits per heavy atom. The number of pyridine rings is 1. The standard InChI is InChI=1S/C21H29NO/c1-2-3-4-5-6-7-8-9-10-11-12-19-15-13-18-14-16-20(23)17-21(18)22-19/h11-17,23H,2-10H2,1H3. The van der Waals surface area contributed by atoms with E-state index < -0.39 is 0 Å². The third-order valence-corrected chi connectivity index (χ3v) is 4.21. The smallest absolute Gasteiger partial charge is 0.117 e. The number of aromatic hydroxyl groups is 1. The molecule has 2 heteroatoms. The Labute approximate surface area is 140 Å². The summed E-state index contributed by atoms with van der Waals surface area (Å²) in [6.07, 6.45) is 16.3. The molecule has 0 amide bonds. The second-order valence-corrected chi connectivity index (χ2v) is 6.28. The highest BCUT2D eigenvalue weighted by atomic mass is 16.3. The Morgan fingerprint density at radius 3 is 2.39 bits per heavy atom. The summed E-state index contributed by atoms with van der Waals surface area (Å²) >= 11 is 0. The van der Waals surface area contributed by atoms with Gasteiger partial charge in [-0.15, -0.1) is 0 Å². The summed E-state index contributed by atoms with van der Waals surface area (Å²) in [5.41, 5.74) is 1.81. The highest BCUT2D eigenvalue weighted by Gasteiger charge is 1.97. The van der Waals surface area contributed by atoms with Crippen LogP contribution in [0.25, 0.3) is 17.0 Å². The molecule has 124 valence electrons. The van der Waals surface area contributed by atoms with Crippen molar-refractivity contribution in [2.24, 2.45) is 0 Å². The molecule has 2 aromatic rings. The van der Waals surface area contributed by atoms with E-state index in [1.54, 1.807) is 12.1 Å². The van der Waals surface area contributed by atoms with Crippen LogP contribution in [-0.2, 0) is 0 Å². The Kier molecular flexibility index (Phi) is 7.65. The summed E-state index contributed by atoms with van der Waals surface area (Å²) in [4.78, 5) is 4.57. The van der Waals surface area contributed by atoms with E-state index in [4.69, 9.17) is 0 Å². The van der Waals surface area contributed by atoms with E-state index in [-0.39, 0.29) is 5.75 Å². The minimum Gasteiger partial charge on any atom is -0.508 e. The lowest BCUT2D eigenvalue weighted by molar-refractivity contribution is 0.476. The van der Waals surface area contributed by atoms with Crippen molar-refractivity contribution >= 4 is 17.0 Å². The maximum Gasteiger partial charge on any atom is 0.117 e. The van der Waals surface area contributed by atoms with Gasteiger partial charge < -0.3 is 5.11 Å². The van der Waals surface area contributed by atoms with Crippen LogP contribution in [0.15, 0.2) is 36.4 Å². The highest BCUT2D eigenvalue weighted by molar-refractivity contribution is 5.81. The molecule has 1 aromatic carbocycles. The van der Waals surface area contributed by atoms with Crippen LogP contribution in [0.5, 0.6) is 5.75 Å². The van der Waals surface area contributed by atoms with Crippen LogP contribution in [0.3, 0.4) is 0 Å². The fraction of sp³-hybridized carbons (Fsp3) is 0.476. The molecule has 0 bridgehead atoms. The summed E-state index contributed by atoms with van der Waals surface area (Å²) in [5.74, 6) is 0.269. The SMILES string of the molecule is CCCCCCCCCCC=Cc1ccc2ccc(O)cc2n1. The zero-order chi connectivity index (χ0) is 16.3. The van der Waals surface area contributed by atoms with Gasteiger partial charge in [0.1, 0.15) is 5.75 Å². The van der Waals surface area contributed by atoms with Gasteiger partial charge in [-0.25, -0.2) is 4.98 Å². The van der Waals surface area contributed by atoms with Crippen LogP contribution >= 0.6 is 0 Å². The molecule has 1 aromatic heterocycles. The van der Waals surface area contributed by atoms with Crippen molar-refractivity contribution < 1.29 is 5.11 Å². The number of allylic oxidation sites excluding steroid dienone is 1. The van der Waals surface area contributed by atoms with E-state index in [0.717, 1.165) is 23.0 Å². The number of rotatable bonds is 10. The summed E-state index contributed by atoms with van der Waals surface area (Å²) in [7, 11) is 0. The number of unbranched alkanes of at least 4 members (excludes halogenated alkanes) is 8. The third kappa shape index (κ3) is 6.43. The molecule has 0 saturated heterocycles. The molecule has 2 rings (SSSR count). The molecular weight excluding hydrogens is 282 g/mol. The molecule has 0 aliphatic heterocycles. The number of phenolic OH excluding ortho intramolecular Hbond substituents is 1. The number of fused-ring (bicyclic) bond motifs is 1. The minimum absolute atomic E-state index is 0.269.